The second-order valence-corrected chi connectivity index (χ2v) is 5.08. The lowest BCUT2D eigenvalue weighted by Crippen LogP contribution is -2.36. The molecule has 0 unspecified atom stereocenters. The van der Waals surface area contributed by atoms with Crippen LogP contribution in [-0.4, -0.2) is 65.4 Å². The van der Waals surface area contributed by atoms with Crippen molar-refractivity contribution in [2.45, 2.75) is 20.4 Å². The number of ether oxygens (including phenoxy) is 5. The van der Waals surface area contributed by atoms with E-state index in [1.165, 1.54) is 0 Å². The lowest BCUT2D eigenvalue weighted by atomic mass is 10.3. The van der Waals surface area contributed by atoms with E-state index in [0.717, 1.165) is 0 Å². The minimum atomic E-state index is -0.361. The minimum absolute atomic E-state index is 0.223. The fraction of sp³-hybridized carbons (Fsp3) is 0.667. The molecule has 0 bridgehead atoms. The van der Waals surface area contributed by atoms with Gasteiger partial charge in [0.05, 0.1) is 33.0 Å². The van der Waals surface area contributed by atoms with Gasteiger partial charge in [0, 0.05) is 19.3 Å². The maximum Gasteiger partial charge on any atom is 0.344 e. The fourth-order valence-corrected chi connectivity index (χ4v) is 1.96. The van der Waals surface area contributed by atoms with Crippen LogP contribution in [0.2, 0.25) is 0 Å². The minimum Gasteiger partial charge on any atom is -0.459 e. The molecule has 0 atom stereocenters. The Hall–Kier alpha value is -1.54. The molecular formula is C18H30NO6+. The zero-order chi connectivity index (χ0) is 18.2. The van der Waals surface area contributed by atoms with E-state index in [9.17, 15) is 4.79 Å². The number of carbonyl (C=O) groups is 1. The van der Waals surface area contributed by atoms with Gasteiger partial charge in [0.15, 0.2) is 18.9 Å². The van der Waals surface area contributed by atoms with Crippen molar-refractivity contribution in [1.82, 2.24) is 0 Å². The number of carbonyl (C=O) groups excluding carboxylic acids is 1. The molecule has 0 fully saturated rings. The number of hydrogen-bond acceptors (Lipinski definition) is 6. The van der Waals surface area contributed by atoms with Crippen LogP contribution in [0.25, 0.3) is 0 Å². The van der Waals surface area contributed by atoms with Gasteiger partial charge < -0.3 is 23.7 Å². The molecule has 0 N–H and O–H groups in total. The average molecular weight is 356 g/mol. The lowest BCUT2D eigenvalue weighted by molar-refractivity contribution is -0.698. The summed E-state index contributed by atoms with van der Waals surface area (Å²) in [4.78, 5) is 12.0. The maximum absolute atomic E-state index is 12.0. The molecular weight excluding hydrogens is 326 g/mol. The second-order valence-electron chi connectivity index (χ2n) is 5.08. The Balaban J connectivity index is 2.20. The van der Waals surface area contributed by atoms with Crippen LogP contribution in [0, 0.1) is 0 Å². The Morgan fingerprint density at radius 1 is 0.880 bits per heavy atom. The summed E-state index contributed by atoms with van der Waals surface area (Å²) in [5.74, 6) is -0.361. The lowest BCUT2D eigenvalue weighted by Gasteiger charge is -2.06. The van der Waals surface area contributed by atoms with Crippen molar-refractivity contribution in [3.8, 4) is 0 Å². The first-order valence-electron chi connectivity index (χ1n) is 8.75. The van der Waals surface area contributed by atoms with Crippen molar-refractivity contribution >= 4 is 5.97 Å². The molecule has 25 heavy (non-hydrogen) atoms. The van der Waals surface area contributed by atoms with Gasteiger partial charge in [0.25, 0.3) is 0 Å². The Labute approximate surface area is 149 Å². The molecule has 1 aromatic heterocycles. The number of hydrogen-bond donors (Lipinski definition) is 0. The number of nitrogens with zero attached hydrogens (tertiary/aromatic N) is 1. The SMILES string of the molecule is CCOCCOCCOC(=O)c1ccc[n+](CCOCCOCC)c1. The molecule has 0 saturated carbocycles. The first-order chi connectivity index (χ1) is 12.3. The zero-order valence-corrected chi connectivity index (χ0v) is 15.3. The highest BCUT2D eigenvalue weighted by atomic mass is 16.6. The summed E-state index contributed by atoms with van der Waals surface area (Å²) >= 11 is 0. The summed E-state index contributed by atoms with van der Waals surface area (Å²) in [7, 11) is 0. The van der Waals surface area contributed by atoms with E-state index in [2.05, 4.69) is 0 Å². The van der Waals surface area contributed by atoms with Crippen LogP contribution in [0.3, 0.4) is 0 Å². The molecule has 0 aliphatic carbocycles. The van der Waals surface area contributed by atoms with Gasteiger partial charge in [-0.25, -0.2) is 9.36 Å². The molecule has 1 heterocycles. The molecule has 1 aromatic rings. The van der Waals surface area contributed by atoms with E-state index in [1.807, 2.05) is 30.7 Å². The molecule has 142 valence electrons. The van der Waals surface area contributed by atoms with Gasteiger partial charge in [-0.3, -0.25) is 0 Å². The third kappa shape index (κ3) is 10.8. The van der Waals surface area contributed by atoms with Crippen LogP contribution >= 0.6 is 0 Å². The standard InChI is InChI=1S/C18H30NO6/c1-3-21-10-12-23-9-8-19-7-5-6-17(16-19)18(20)25-15-14-24-13-11-22-4-2/h5-7,16H,3-4,8-15H2,1-2H3/q+1. The highest BCUT2D eigenvalue weighted by Gasteiger charge is 2.12. The van der Waals surface area contributed by atoms with Crippen LogP contribution in [0.15, 0.2) is 24.5 Å². The predicted molar refractivity (Wildman–Crippen MR) is 91.5 cm³/mol. The van der Waals surface area contributed by atoms with Gasteiger partial charge in [-0.05, 0) is 19.9 Å². The van der Waals surface area contributed by atoms with Crippen LogP contribution in [0.5, 0.6) is 0 Å². The normalized spacial score (nSPS) is 10.8. The summed E-state index contributed by atoms with van der Waals surface area (Å²) in [6.07, 6.45) is 3.64. The molecule has 0 amide bonds. The van der Waals surface area contributed by atoms with Gasteiger partial charge in [-0.1, -0.05) is 0 Å². The zero-order valence-electron chi connectivity index (χ0n) is 15.3. The summed E-state index contributed by atoms with van der Waals surface area (Å²) < 4.78 is 28.2. The Morgan fingerprint density at radius 2 is 1.48 bits per heavy atom. The molecule has 0 aromatic carbocycles. The Morgan fingerprint density at radius 3 is 2.16 bits per heavy atom. The van der Waals surface area contributed by atoms with Crippen molar-refractivity contribution in [2.24, 2.45) is 0 Å². The predicted octanol–water partition coefficient (Wildman–Crippen LogP) is 1.24. The fourth-order valence-electron chi connectivity index (χ4n) is 1.96. The van der Waals surface area contributed by atoms with E-state index in [-0.39, 0.29) is 12.6 Å². The van der Waals surface area contributed by atoms with Crippen molar-refractivity contribution in [1.29, 1.82) is 0 Å². The maximum atomic E-state index is 12.0. The monoisotopic (exact) mass is 356 g/mol. The highest BCUT2D eigenvalue weighted by molar-refractivity contribution is 5.88. The van der Waals surface area contributed by atoms with Crippen molar-refractivity contribution in [3.63, 3.8) is 0 Å². The molecule has 7 nitrogen and oxygen atoms in total. The van der Waals surface area contributed by atoms with Gasteiger partial charge in [-0.15, -0.1) is 0 Å². The topological polar surface area (TPSA) is 67.1 Å². The Kier molecular flexibility index (Phi) is 12.7. The summed E-state index contributed by atoms with van der Waals surface area (Å²) in [6.45, 7) is 9.27. The second kappa shape index (κ2) is 14.8. The number of aromatic nitrogens is 1. The molecule has 0 aliphatic rings. The molecule has 0 saturated heterocycles. The quantitative estimate of drug-likeness (QED) is 0.268. The van der Waals surface area contributed by atoms with Crippen molar-refractivity contribution in [2.75, 3.05) is 59.5 Å². The first-order valence-corrected chi connectivity index (χ1v) is 8.75. The first kappa shape index (κ1) is 21.5. The number of esters is 1. The van der Waals surface area contributed by atoms with Gasteiger partial charge in [0.1, 0.15) is 18.8 Å². The van der Waals surface area contributed by atoms with Crippen LogP contribution in [0.4, 0.5) is 0 Å². The van der Waals surface area contributed by atoms with E-state index in [4.69, 9.17) is 23.7 Å². The molecule has 7 heteroatoms. The molecule has 0 spiro atoms. The summed E-state index contributed by atoms with van der Waals surface area (Å²) in [5, 5.41) is 0. The van der Waals surface area contributed by atoms with Crippen molar-refractivity contribution in [3.05, 3.63) is 30.1 Å². The number of rotatable bonds is 15. The molecule has 0 radical (unpaired) electrons. The van der Waals surface area contributed by atoms with E-state index >= 15 is 0 Å². The van der Waals surface area contributed by atoms with E-state index in [0.29, 0.717) is 65.0 Å². The molecule has 0 aliphatic heterocycles. The van der Waals surface area contributed by atoms with E-state index in [1.54, 1.807) is 12.3 Å². The molecule has 1 rings (SSSR count). The van der Waals surface area contributed by atoms with E-state index < -0.39 is 0 Å². The van der Waals surface area contributed by atoms with Crippen LogP contribution in [0.1, 0.15) is 24.2 Å². The smallest absolute Gasteiger partial charge is 0.344 e. The third-order valence-corrected chi connectivity index (χ3v) is 3.20. The highest BCUT2D eigenvalue weighted by Crippen LogP contribution is 1.98. The summed E-state index contributed by atoms with van der Waals surface area (Å²) in [6, 6.07) is 3.54. The Bertz CT molecular complexity index is 469. The van der Waals surface area contributed by atoms with Gasteiger partial charge in [-0.2, -0.15) is 0 Å². The largest absolute Gasteiger partial charge is 0.459 e. The number of pyridine rings is 1. The van der Waals surface area contributed by atoms with Crippen LogP contribution in [-0.2, 0) is 30.2 Å². The summed E-state index contributed by atoms with van der Waals surface area (Å²) in [5.41, 5.74) is 0.506. The van der Waals surface area contributed by atoms with Crippen molar-refractivity contribution < 1.29 is 33.0 Å². The third-order valence-electron chi connectivity index (χ3n) is 3.20. The van der Waals surface area contributed by atoms with Gasteiger partial charge in [0.2, 0.25) is 0 Å². The van der Waals surface area contributed by atoms with Gasteiger partial charge >= 0.3 is 5.97 Å². The average Bonchev–Trinajstić information content (AvgIpc) is 2.64. The van der Waals surface area contributed by atoms with Crippen LogP contribution < -0.4 is 4.57 Å².